The Bertz CT molecular complexity index is 3280. The normalized spacial score (nSPS) is 13.4. The number of hydrogen-bond donors (Lipinski definition) is 0. The fourth-order valence-electron chi connectivity index (χ4n) is 9.81. The van der Waals surface area contributed by atoms with Crippen LogP contribution in [0.25, 0.3) is 27.6 Å². The van der Waals surface area contributed by atoms with Gasteiger partial charge >= 0.3 is 0 Å². The molecule has 3 heterocycles. The number of benzene rings is 7. The minimum absolute atomic E-state index is 0.0116. The van der Waals surface area contributed by atoms with Crippen LogP contribution in [-0.4, -0.2) is 16.2 Å². The Morgan fingerprint density at radius 1 is 0.403 bits per heavy atom. The molecule has 5 heteroatoms. The molecule has 1 aliphatic rings. The van der Waals surface area contributed by atoms with Crippen molar-refractivity contribution in [3.63, 3.8) is 0 Å². The lowest BCUT2D eigenvalue weighted by Crippen LogP contribution is -2.26. The standard InChI is InChI=1S/C62H62N4O/c1-59(2,3)44-32-33-63-58(38-44)66-54-27-18-17-26-52(54)53-30-29-51(40-56(53)66)67-50-25-19-24-48(39-50)64-41-65(57-37-45(28-31-55(57)64)61(7,8)42-20-13-11-14-21-42)49-35-46(60(4,5)6)34-47(36-49)62(9,10)43-22-15-12-16-23-43/h11-40H,41H2,1-10H3. The first-order chi connectivity index (χ1) is 32.0. The maximum atomic E-state index is 6.84. The van der Waals surface area contributed by atoms with E-state index < -0.39 is 0 Å². The van der Waals surface area contributed by atoms with Crippen molar-refractivity contribution in [3.05, 3.63) is 216 Å². The molecule has 0 bridgehead atoms. The van der Waals surface area contributed by atoms with E-state index in [9.17, 15) is 0 Å². The summed E-state index contributed by atoms with van der Waals surface area (Å²) in [5.74, 6) is 2.44. The van der Waals surface area contributed by atoms with E-state index in [2.05, 4.69) is 260 Å². The highest BCUT2D eigenvalue weighted by molar-refractivity contribution is 6.09. The Balaban J connectivity index is 1.06. The van der Waals surface area contributed by atoms with Gasteiger partial charge in [0.05, 0.1) is 22.4 Å². The van der Waals surface area contributed by atoms with E-state index in [4.69, 9.17) is 9.72 Å². The molecule has 9 aromatic rings. The van der Waals surface area contributed by atoms with Crippen molar-refractivity contribution in [1.29, 1.82) is 0 Å². The van der Waals surface area contributed by atoms with Gasteiger partial charge in [-0.3, -0.25) is 4.57 Å². The van der Waals surface area contributed by atoms with E-state index in [0.29, 0.717) is 6.67 Å². The molecule has 0 atom stereocenters. The van der Waals surface area contributed by atoms with Crippen molar-refractivity contribution in [2.75, 3.05) is 16.5 Å². The SMILES string of the molecule is CC(C)(C)c1cc(N2CN(c3cccc(Oc4ccc5c6ccccc6n(-c6cc(C(C)(C)C)ccn6)c5c4)c3)c3ccc(C(C)(C)c4ccccc4)cc32)cc(C(C)(C)c2ccccc2)c1. The van der Waals surface area contributed by atoms with Crippen LogP contribution in [0.2, 0.25) is 0 Å². The predicted molar refractivity (Wildman–Crippen MR) is 282 cm³/mol. The van der Waals surface area contributed by atoms with Gasteiger partial charge in [-0.2, -0.15) is 0 Å². The first-order valence-corrected chi connectivity index (χ1v) is 23.7. The lowest BCUT2D eigenvalue weighted by molar-refractivity contribution is 0.483. The quantitative estimate of drug-likeness (QED) is 0.145. The Labute approximate surface area is 397 Å². The van der Waals surface area contributed by atoms with Crippen molar-refractivity contribution >= 4 is 44.6 Å². The zero-order chi connectivity index (χ0) is 46.9. The van der Waals surface area contributed by atoms with Gasteiger partial charge in [0.2, 0.25) is 0 Å². The molecule has 1 aliphatic heterocycles. The summed E-state index contributed by atoms with van der Waals surface area (Å²) in [5.41, 5.74) is 14.0. The number of rotatable bonds is 9. The van der Waals surface area contributed by atoms with Crippen molar-refractivity contribution in [2.24, 2.45) is 0 Å². The van der Waals surface area contributed by atoms with E-state index in [-0.39, 0.29) is 21.7 Å². The van der Waals surface area contributed by atoms with Crippen LogP contribution in [0.1, 0.15) is 103 Å². The van der Waals surface area contributed by atoms with E-state index in [1.165, 1.54) is 50.1 Å². The number of pyridine rings is 1. The van der Waals surface area contributed by atoms with Crippen LogP contribution < -0.4 is 14.5 Å². The second-order valence-corrected chi connectivity index (χ2v) is 21.5. The molecule has 2 aromatic heterocycles. The number of fused-ring (bicyclic) bond motifs is 4. The number of hydrogen-bond acceptors (Lipinski definition) is 4. The second-order valence-electron chi connectivity index (χ2n) is 21.5. The molecule has 0 N–H and O–H groups in total. The molecule has 0 spiro atoms. The minimum Gasteiger partial charge on any atom is -0.457 e. The third kappa shape index (κ3) is 8.05. The third-order valence-electron chi connectivity index (χ3n) is 14.2. The van der Waals surface area contributed by atoms with Crippen LogP contribution in [0.4, 0.5) is 22.7 Å². The molecule has 0 saturated heterocycles. The van der Waals surface area contributed by atoms with Crippen molar-refractivity contribution in [2.45, 2.75) is 90.9 Å². The molecule has 0 aliphatic carbocycles. The number of aromatic nitrogens is 2. The molecule has 0 amide bonds. The largest absolute Gasteiger partial charge is 0.457 e. The van der Waals surface area contributed by atoms with Gasteiger partial charge in [-0.25, -0.2) is 4.98 Å². The van der Waals surface area contributed by atoms with Crippen LogP contribution >= 0.6 is 0 Å². The summed E-state index contributed by atoms with van der Waals surface area (Å²) in [5, 5.41) is 2.35. The summed E-state index contributed by atoms with van der Waals surface area (Å²) >= 11 is 0. The zero-order valence-electron chi connectivity index (χ0n) is 40.7. The molecule has 336 valence electrons. The van der Waals surface area contributed by atoms with Crippen LogP contribution in [0.15, 0.2) is 182 Å². The van der Waals surface area contributed by atoms with Crippen LogP contribution in [0, 0.1) is 0 Å². The zero-order valence-corrected chi connectivity index (χ0v) is 40.7. The summed E-state index contributed by atoms with van der Waals surface area (Å²) in [7, 11) is 0. The first-order valence-electron chi connectivity index (χ1n) is 23.7. The van der Waals surface area contributed by atoms with Gasteiger partial charge in [0.15, 0.2) is 0 Å². The van der Waals surface area contributed by atoms with Crippen LogP contribution in [0.5, 0.6) is 11.5 Å². The summed E-state index contributed by atoms with van der Waals surface area (Å²) in [6, 6.07) is 64.0. The van der Waals surface area contributed by atoms with Gasteiger partial charge in [0.25, 0.3) is 0 Å². The number of anilines is 4. The highest BCUT2D eigenvalue weighted by Crippen LogP contribution is 2.49. The van der Waals surface area contributed by atoms with E-state index >= 15 is 0 Å². The molecule has 0 unspecified atom stereocenters. The summed E-state index contributed by atoms with van der Waals surface area (Å²) in [6.45, 7) is 23.7. The summed E-state index contributed by atoms with van der Waals surface area (Å²) < 4.78 is 9.11. The molecule has 67 heavy (non-hydrogen) atoms. The number of para-hydroxylation sites is 1. The molecule has 10 rings (SSSR count). The van der Waals surface area contributed by atoms with Crippen molar-refractivity contribution < 1.29 is 4.74 Å². The molecule has 0 saturated carbocycles. The Morgan fingerprint density at radius 3 is 1.72 bits per heavy atom. The van der Waals surface area contributed by atoms with Crippen LogP contribution in [-0.2, 0) is 21.7 Å². The van der Waals surface area contributed by atoms with E-state index in [1.807, 2.05) is 6.20 Å². The maximum Gasteiger partial charge on any atom is 0.137 e. The number of ether oxygens (including phenoxy) is 1. The lowest BCUT2D eigenvalue weighted by Gasteiger charge is -2.32. The van der Waals surface area contributed by atoms with Gasteiger partial charge in [-0.05, 0) is 111 Å². The van der Waals surface area contributed by atoms with Gasteiger partial charge in [-0.1, -0.05) is 166 Å². The Morgan fingerprint density at radius 2 is 1.01 bits per heavy atom. The first kappa shape index (κ1) is 43.8. The highest BCUT2D eigenvalue weighted by Gasteiger charge is 2.34. The van der Waals surface area contributed by atoms with Gasteiger partial charge < -0.3 is 14.5 Å². The molecular weight excluding hydrogens is 817 g/mol. The van der Waals surface area contributed by atoms with Gasteiger partial charge in [-0.15, -0.1) is 0 Å². The van der Waals surface area contributed by atoms with Gasteiger partial charge in [0, 0.05) is 51.3 Å². The summed E-state index contributed by atoms with van der Waals surface area (Å²) in [4.78, 5) is 9.85. The smallest absolute Gasteiger partial charge is 0.137 e. The van der Waals surface area contributed by atoms with Crippen LogP contribution in [0.3, 0.4) is 0 Å². The maximum absolute atomic E-state index is 6.84. The highest BCUT2D eigenvalue weighted by atomic mass is 16.5. The van der Waals surface area contributed by atoms with E-state index in [0.717, 1.165) is 45.1 Å². The van der Waals surface area contributed by atoms with E-state index in [1.54, 1.807) is 0 Å². The average molecular weight is 879 g/mol. The molecular formula is C62H62N4O. The molecule has 5 nitrogen and oxygen atoms in total. The molecule has 0 radical (unpaired) electrons. The fraction of sp³-hybridized carbons (Fsp3) is 0.242. The second kappa shape index (κ2) is 16.3. The van der Waals surface area contributed by atoms with Crippen molar-refractivity contribution in [1.82, 2.24) is 9.55 Å². The average Bonchev–Trinajstić information content (AvgIpc) is 3.87. The summed E-state index contributed by atoms with van der Waals surface area (Å²) in [6.07, 6.45) is 1.93. The third-order valence-corrected chi connectivity index (χ3v) is 14.2. The molecule has 7 aromatic carbocycles. The monoisotopic (exact) mass is 878 g/mol. The Hall–Kier alpha value is -7.11. The minimum atomic E-state index is -0.216. The fourth-order valence-corrected chi connectivity index (χ4v) is 9.81. The predicted octanol–water partition coefficient (Wildman–Crippen LogP) is 16.5. The topological polar surface area (TPSA) is 33.5 Å². The number of nitrogens with zero attached hydrogens (tertiary/aromatic N) is 4. The van der Waals surface area contributed by atoms with Gasteiger partial charge in [0.1, 0.15) is 24.0 Å². The Kier molecular flexibility index (Phi) is 10.7. The van der Waals surface area contributed by atoms with Crippen molar-refractivity contribution in [3.8, 4) is 17.3 Å². The molecule has 0 fully saturated rings. The lowest BCUT2D eigenvalue weighted by atomic mass is 9.75.